The van der Waals surface area contributed by atoms with Gasteiger partial charge >= 0.3 is 0 Å². The summed E-state index contributed by atoms with van der Waals surface area (Å²) in [5.74, 6) is 0.596. The van der Waals surface area contributed by atoms with Crippen LogP contribution < -0.4 is 10.1 Å². The molecule has 0 spiro atoms. The fourth-order valence-corrected chi connectivity index (χ4v) is 2.06. The number of hydrogen-bond donors (Lipinski definition) is 1. The topological polar surface area (TPSA) is 56.1 Å². The van der Waals surface area contributed by atoms with Crippen LogP contribution in [0.2, 0.25) is 0 Å². The third-order valence-electron chi connectivity index (χ3n) is 3.25. The molecule has 1 N–H and O–H groups in total. The van der Waals surface area contributed by atoms with Crippen molar-refractivity contribution in [1.29, 1.82) is 0 Å². The van der Waals surface area contributed by atoms with Gasteiger partial charge in [0.15, 0.2) is 0 Å². The van der Waals surface area contributed by atoms with Crippen LogP contribution in [0.25, 0.3) is 5.69 Å². The number of anilines is 1. The van der Waals surface area contributed by atoms with E-state index in [9.17, 15) is 4.79 Å². The van der Waals surface area contributed by atoms with E-state index in [4.69, 9.17) is 4.74 Å². The summed E-state index contributed by atoms with van der Waals surface area (Å²) in [5, 5.41) is 7.00. The molecule has 5 heteroatoms. The van der Waals surface area contributed by atoms with Gasteiger partial charge in [0.2, 0.25) is 0 Å². The highest BCUT2D eigenvalue weighted by atomic mass is 16.5. The number of carbonyl (C=O) groups is 1. The van der Waals surface area contributed by atoms with Gasteiger partial charge in [0, 0.05) is 23.6 Å². The van der Waals surface area contributed by atoms with Crippen molar-refractivity contribution in [2.75, 3.05) is 12.4 Å². The monoisotopic (exact) mass is 293 g/mol. The average Bonchev–Trinajstić information content (AvgIpc) is 3.10. The second-order valence-corrected chi connectivity index (χ2v) is 4.68. The van der Waals surface area contributed by atoms with E-state index < -0.39 is 0 Å². The zero-order valence-corrected chi connectivity index (χ0v) is 12.1. The molecule has 22 heavy (non-hydrogen) atoms. The maximum Gasteiger partial charge on any atom is 0.255 e. The summed E-state index contributed by atoms with van der Waals surface area (Å²) in [6.07, 6.45) is 3.57. The van der Waals surface area contributed by atoms with Gasteiger partial charge in [-0.05, 0) is 54.6 Å². The maximum atomic E-state index is 12.2. The lowest BCUT2D eigenvalue weighted by Gasteiger charge is -2.07. The van der Waals surface area contributed by atoms with E-state index in [1.807, 2.05) is 24.4 Å². The van der Waals surface area contributed by atoms with Crippen molar-refractivity contribution in [3.8, 4) is 11.4 Å². The van der Waals surface area contributed by atoms with Crippen LogP contribution in [0.15, 0.2) is 67.0 Å². The smallest absolute Gasteiger partial charge is 0.255 e. The number of benzene rings is 2. The number of hydrogen-bond acceptors (Lipinski definition) is 3. The summed E-state index contributed by atoms with van der Waals surface area (Å²) >= 11 is 0. The van der Waals surface area contributed by atoms with E-state index in [-0.39, 0.29) is 5.91 Å². The standard InChI is InChI=1S/C17H15N3O2/c1-22-16-9-5-14(6-10-16)19-17(21)13-3-7-15(8-4-13)20-12-2-11-18-20/h2-12H,1H3,(H,19,21). The lowest BCUT2D eigenvalue weighted by atomic mass is 10.2. The normalized spacial score (nSPS) is 10.2. The van der Waals surface area contributed by atoms with Gasteiger partial charge in [-0.25, -0.2) is 4.68 Å². The second-order valence-electron chi connectivity index (χ2n) is 4.68. The molecule has 1 aromatic heterocycles. The molecule has 5 nitrogen and oxygen atoms in total. The van der Waals surface area contributed by atoms with E-state index in [1.54, 1.807) is 54.4 Å². The van der Waals surface area contributed by atoms with Crippen molar-refractivity contribution < 1.29 is 9.53 Å². The van der Waals surface area contributed by atoms with Crippen molar-refractivity contribution in [2.45, 2.75) is 0 Å². The minimum Gasteiger partial charge on any atom is -0.497 e. The highest BCUT2D eigenvalue weighted by Crippen LogP contribution is 2.16. The van der Waals surface area contributed by atoms with Gasteiger partial charge < -0.3 is 10.1 Å². The minimum atomic E-state index is -0.155. The molecule has 2 aromatic carbocycles. The van der Waals surface area contributed by atoms with Crippen LogP contribution in [0.5, 0.6) is 5.75 Å². The van der Waals surface area contributed by atoms with Gasteiger partial charge in [0.1, 0.15) is 5.75 Å². The number of aromatic nitrogens is 2. The number of rotatable bonds is 4. The molecule has 0 unspecified atom stereocenters. The molecule has 3 aromatic rings. The Morgan fingerprint density at radius 2 is 1.82 bits per heavy atom. The van der Waals surface area contributed by atoms with Crippen LogP contribution >= 0.6 is 0 Å². The summed E-state index contributed by atoms with van der Waals surface area (Å²) in [6, 6.07) is 16.3. The molecule has 0 aliphatic rings. The number of methoxy groups -OCH3 is 1. The van der Waals surface area contributed by atoms with Crippen molar-refractivity contribution >= 4 is 11.6 Å². The zero-order chi connectivity index (χ0) is 15.4. The predicted molar refractivity (Wildman–Crippen MR) is 84.5 cm³/mol. The number of nitrogens with one attached hydrogen (secondary N) is 1. The Bertz CT molecular complexity index is 748. The molecule has 0 aliphatic heterocycles. The Labute approximate surface area is 128 Å². The Morgan fingerprint density at radius 1 is 1.09 bits per heavy atom. The van der Waals surface area contributed by atoms with Crippen molar-refractivity contribution in [3.63, 3.8) is 0 Å². The van der Waals surface area contributed by atoms with Crippen LogP contribution in [-0.2, 0) is 0 Å². The molecule has 0 atom stereocenters. The maximum absolute atomic E-state index is 12.2. The van der Waals surface area contributed by atoms with Crippen molar-refractivity contribution in [1.82, 2.24) is 9.78 Å². The van der Waals surface area contributed by atoms with Gasteiger partial charge in [-0.3, -0.25) is 4.79 Å². The fourth-order valence-electron chi connectivity index (χ4n) is 2.06. The molecule has 0 fully saturated rings. The largest absolute Gasteiger partial charge is 0.497 e. The van der Waals surface area contributed by atoms with E-state index in [1.165, 1.54) is 0 Å². The average molecular weight is 293 g/mol. The molecular weight excluding hydrogens is 278 g/mol. The van der Waals surface area contributed by atoms with Gasteiger partial charge in [0.25, 0.3) is 5.91 Å². The molecule has 0 saturated carbocycles. The van der Waals surface area contributed by atoms with Crippen molar-refractivity contribution in [2.24, 2.45) is 0 Å². The second kappa shape index (κ2) is 6.13. The third-order valence-corrected chi connectivity index (χ3v) is 3.25. The van der Waals surface area contributed by atoms with Gasteiger partial charge in [-0.2, -0.15) is 5.10 Å². The molecule has 0 aliphatic carbocycles. The van der Waals surface area contributed by atoms with Gasteiger partial charge in [-0.1, -0.05) is 0 Å². The number of amides is 1. The molecular formula is C17H15N3O2. The van der Waals surface area contributed by atoms with Crippen molar-refractivity contribution in [3.05, 3.63) is 72.6 Å². The van der Waals surface area contributed by atoms with Crippen LogP contribution in [0, 0.1) is 0 Å². The Hall–Kier alpha value is -3.08. The molecule has 1 heterocycles. The fraction of sp³-hybridized carbons (Fsp3) is 0.0588. The van der Waals surface area contributed by atoms with Gasteiger partial charge in [-0.15, -0.1) is 0 Å². The Balaban J connectivity index is 1.71. The third kappa shape index (κ3) is 2.98. The molecule has 110 valence electrons. The molecule has 0 radical (unpaired) electrons. The minimum absolute atomic E-state index is 0.155. The highest BCUT2D eigenvalue weighted by molar-refractivity contribution is 6.04. The van der Waals surface area contributed by atoms with Gasteiger partial charge in [0.05, 0.1) is 12.8 Å². The molecule has 1 amide bonds. The summed E-state index contributed by atoms with van der Waals surface area (Å²) in [6.45, 7) is 0. The number of carbonyl (C=O) groups excluding carboxylic acids is 1. The summed E-state index contributed by atoms with van der Waals surface area (Å²) in [5.41, 5.74) is 2.22. The van der Waals surface area contributed by atoms with Crippen LogP contribution in [0.1, 0.15) is 10.4 Å². The van der Waals surface area contributed by atoms with Crippen LogP contribution in [0.4, 0.5) is 5.69 Å². The molecule has 3 rings (SSSR count). The first-order chi connectivity index (χ1) is 10.8. The van der Waals surface area contributed by atoms with E-state index in [2.05, 4.69) is 10.4 Å². The lowest BCUT2D eigenvalue weighted by molar-refractivity contribution is 0.102. The van der Waals surface area contributed by atoms with E-state index >= 15 is 0 Å². The molecule has 0 bridgehead atoms. The molecule has 0 saturated heterocycles. The first kappa shape index (κ1) is 13.9. The highest BCUT2D eigenvalue weighted by Gasteiger charge is 2.06. The lowest BCUT2D eigenvalue weighted by Crippen LogP contribution is -2.11. The summed E-state index contributed by atoms with van der Waals surface area (Å²) in [7, 11) is 1.61. The number of nitrogens with zero attached hydrogens (tertiary/aromatic N) is 2. The summed E-state index contributed by atoms with van der Waals surface area (Å²) < 4.78 is 6.83. The Kier molecular flexibility index (Phi) is 3.87. The number of ether oxygens (including phenoxy) is 1. The SMILES string of the molecule is COc1ccc(NC(=O)c2ccc(-n3cccn3)cc2)cc1. The Morgan fingerprint density at radius 3 is 2.41 bits per heavy atom. The quantitative estimate of drug-likeness (QED) is 0.804. The summed E-state index contributed by atoms with van der Waals surface area (Å²) in [4.78, 5) is 12.2. The first-order valence-electron chi connectivity index (χ1n) is 6.82. The van der Waals surface area contributed by atoms with E-state index in [0.29, 0.717) is 5.56 Å². The zero-order valence-electron chi connectivity index (χ0n) is 12.1. The van der Waals surface area contributed by atoms with E-state index in [0.717, 1.165) is 17.1 Å². The van der Waals surface area contributed by atoms with Crippen LogP contribution in [-0.4, -0.2) is 22.8 Å². The predicted octanol–water partition coefficient (Wildman–Crippen LogP) is 3.13. The first-order valence-corrected chi connectivity index (χ1v) is 6.82. The van der Waals surface area contributed by atoms with Crippen LogP contribution in [0.3, 0.4) is 0 Å².